The molecule has 8 heteroatoms. The first kappa shape index (κ1) is 25.8. The summed E-state index contributed by atoms with van der Waals surface area (Å²) in [5.41, 5.74) is 0.903. The molecule has 2 rings (SSSR count). The summed E-state index contributed by atoms with van der Waals surface area (Å²) in [5.74, 6) is 2.82. The lowest BCUT2D eigenvalue weighted by atomic mass is 10.0. The number of nitrogens with one attached hydrogen (secondary N) is 2. The van der Waals surface area contributed by atoms with Gasteiger partial charge in [0.1, 0.15) is 0 Å². The highest BCUT2D eigenvalue weighted by Crippen LogP contribution is 2.30. The number of benzene rings is 1. The van der Waals surface area contributed by atoms with Crippen molar-refractivity contribution in [3.05, 3.63) is 18.2 Å². The van der Waals surface area contributed by atoms with Gasteiger partial charge in [-0.05, 0) is 31.4 Å². The first-order valence-corrected chi connectivity index (χ1v) is 10.2. The highest BCUT2D eigenvalue weighted by Gasteiger charge is 2.22. The molecule has 1 atom stereocenters. The Morgan fingerprint density at radius 1 is 1.24 bits per heavy atom. The van der Waals surface area contributed by atoms with E-state index in [-0.39, 0.29) is 24.0 Å². The maximum Gasteiger partial charge on any atom is 0.195 e. The van der Waals surface area contributed by atoms with E-state index in [0.717, 1.165) is 56.7 Å². The molecule has 0 aliphatic carbocycles. The highest BCUT2D eigenvalue weighted by molar-refractivity contribution is 14.0. The third-order valence-electron chi connectivity index (χ3n) is 4.76. The Kier molecular flexibility index (Phi) is 12.3. The van der Waals surface area contributed by atoms with E-state index in [4.69, 9.17) is 14.2 Å². The molecule has 1 fully saturated rings. The van der Waals surface area contributed by atoms with Crippen LogP contribution < -0.4 is 20.1 Å². The Morgan fingerprint density at radius 3 is 2.55 bits per heavy atom. The molecule has 29 heavy (non-hydrogen) atoms. The number of rotatable bonds is 9. The van der Waals surface area contributed by atoms with Gasteiger partial charge in [0.25, 0.3) is 0 Å². The summed E-state index contributed by atoms with van der Waals surface area (Å²) in [5, 5.41) is 6.83. The number of anilines is 1. The molecular weight excluding hydrogens is 483 g/mol. The average molecular weight is 520 g/mol. The van der Waals surface area contributed by atoms with E-state index in [1.807, 2.05) is 25.1 Å². The van der Waals surface area contributed by atoms with Crippen LogP contribution in [0.3, 0.4) is 0 Å². The average Bonchev–Trinajstić information content (AvgIpc) is 2.71. The van der Waals surface area contributed by atoms with Crippen molar-refractivity contribution in [2.45, 2.75) is 33.2 Å². The maximum atomic E-state index is 5.58. The van der Waals surface area contributed by atoms with Crippen LogP contribution in [0.25, 0.3) is 0 Å². The van der Waals surface area contributed by atoms with Gasteiger partial charge in [0.2, 0.25) is 0 Å². The molecule has 1 heterocycles. The maximum absolute atomic E-state index is 5.58. The fourth-order valence-corrected chi connectivity index (χ4v) is 3.40. The van der Waals surface area contributed by atoms with Gasteiger partial charge in [-0.15, -0.1) is 24.0 Å². The van der Waals surface area contributed by atoms with Gasteiger partial charge in [0.05, 0.1) is 26.9 Å². The Labute approximate surface area is 192 Å². The number of methoxy groups -OCH3 is 1. The van der Waals surface area contributed by atoms with Crippen molar-refractivity contribution in [2.24, 2.45) is 10.9 Å². The van der Waals surface area contributed by atoms with Crippen molar-refractivity contribution in [3.8, 4) is 11.5 Å². The lowest BCUT2D eigenvalue weighted by Crippen LogP contribution is -2.50. The minimum absolute atomic E-state index is 0. The summed E-state index contributed by atoms with van der Waals surface area (Å²) in [6, 6.07) is 6.25. The van der Waals surface area contributed by atoms with Crippen LogP contribution in [0.15, 0.2) is 23.2 Å². The number of aliphatic imine (C=N–C) groups is 1. The molecule has 0 amide bonds. The van der Waals surface area contributed by atoms with Crippen molar-refractivity contribution < 1.29 is 14.2 Å². The fraction of sp³-hybridized carbons (Fsp3) is 0.667. The lowest BCUT2D eigenvalue weighted by molar-refractivity contribution is 0.0133. The Bertz CT molecular complexity index is 622. The SMILES string of the molecule is CCOc1ccc(NC(=NC)NCC(CC(C)C)N2CCOCC2)cc1OC.I. The minimum atomic E-state index is 0. The standard InChI is InChI=1S/C21H36N4O3.HI/c1-6-28-19-8-7-17(14-20(19)26-5)24-21(22-4)23-15-18(13-16(2)3)25-9-11-27-12-10-25;/h7-8,14,16,18H,6,9-13,15H2,1-5H3,(H2,22,23,24);1H. The molecule has 166 valence electrons. The van der Waals surface area contributed by atoms with Gasteiger partial charge in [-0.25, -0.2) is 0 Å². The summed E-state index contributed by atoms with van der Waals surface area (Å²) in [6.45, 7) is 11.5. The number of hydrogen-bond acceptors (Lipinski definition) is 5. The lowest BCUT2D eigenvalue weighted by Gasteiger charge is -2.35. The molecule has 1 saturated heterocycles. The van der Waals surface area contributed by atoms with Gasteiger partial charge in [0.15, 0.2) is 17.5 Å². The van der Waals surface area contributed by atoms with Gasteiger partial charge in [-0.1, -0.05) is 13.8 Å². The van der Waals surface area contributed by atoms with Crippen molar-refractivity contribution >= 4 is 35.6 Å². The Hall–Kier alpha value is -1.26. The molecule has 0 saturated carbocycles. The van der Waals surface area contributed by atoms with Gasteiger partial charge in [-0.2, -0.15) is 0 Å². The second kappa shape index (κ2) is 13.9. The molecule has 1 aliphatic rings. The number of ether oxygens (including phenoxy) is 3. The van der Waals surface area contributed by atoms with Gasteiger partial charge >= 0.3 is 0 Å². The van der Waals surface area contributed by atoms with Crippen molar-refractivity contribution in [3.63, 3.8) is 0 Å². The van der Waals surface area contributed by atoms with Crippen LogP contribution in [0.4, 0.5) is 5.69 Å². The first-order valence-electron chi connectivity index (χ1n) is 10.2. The van der Waals surface area contributed by atoms with E-state index in [2.05, 4.69) is 34.4 Å². The minimum Gasteiger partial charge on any atom is -0.493 e. The molecule has 1 aromatic rings. The predicted octanol–water partition coefficient (Wildman–Crippen LogP) is 3.45. The van der Waals surface area contributed by atoms with Crippen LogP contribution in [-0.4, -0.2) is 70.5 Å². The molecule has 0 aromatic heterocycles. The highest BCUT2D eigenvalue weighted by atomic mass is 127. The summed E-state index contributed by atoms with van der Waals surface area (Å²) in [6.07, 6.45) is 1.14. The van der Waals surface area contributed by atoms with E-state index >= 15 is 0 Å². The normalized spacial score (nSPS) is 16.1. The van der Waals surface area contributed by atoms with Gasteiger partial charge in [-0.3, -0.25) is 9.89 Å². The molecule has 1 aromatic carbocycles. The Balaban J connectivity index is 0.00000420. The van der Waals surface area contributed by atoms with Crippen molar-refractivity contribution in [2.75, 3.05) is 58.9 Å². The number of morpholine rings is 1. The number of nitrogens with zero attached hydrogens (tertiary/aromatic N) is 2. The quantitative estimate of drug-likeness (QED) is 0.296. The smallest absolute Gasteiger partial charge is 0.195 e. The van der Waals surface area contributed by atoms with E-state index in [0.29, 0.717) is 24.3 Å². The monoisotopic (exact) mass is 520 g/mol. The van der Waals surface area contributed by atoms with Gasteiger partial charge in [0, 0.05) is 44.5 Å². The second-order valence-corrected chi connectivity index (χ2v) is 7.31. The summed E-state index contributed by atoms with van der Waals surface area (Å²) in [7, 11) is 3.43. The zero-order chi connectivity index (χ0) is 20.4. The van der Waals surface area contributed by atoms with Crippen LogP contribution >= 0.6 is 24.0 Å². The summed E-state index contributed by atoms with van der Waals surface area (Å²) >= 11 is 0. The Morgan fingerprint density at radius 2 is 1.97 bits per heavy atom. The van der Waals surface area contributed by atoms with Crippen molar-refractivity contribution in [1.29, 1.82) is 0 Å². The van der Waals surface area contributed by atoms with Crippen LogP contribution in [0.5, 0.6) is 11.5 Å². The fourth-order valence-electron chi connectivity index (χ4n) is 3.40. The van der Waals surface area contributed by atoms with E-state index < -0.39 is 0 Å². The van der Waals surface area contributed by atoms with E-state index in [9.17, 15) is 0 Å². The van der Waals surface area contributed by atoms with Crippen molar-refractivity contribution in [1.82, 2.24) is 10.2 Å². The van der Waals surface area contributed by atoms with Crippen LogP contribution in [-0.2, 0) is 4.74 Å². The molecule has 7 nitrogen and oxygen atoms in total. The van der Waals surface area contributed by atoms with Crippen LogP contribution in [0.1, 0.15) is 27.2 Å². The molecule has 0 spiro atoms. The summed E-state index contributed by atoms with van der Waals surface area (Å²) in [4.78, 5) is 6.89. The van der Waals surface area contributed by atoms with Crippen LogP contribution in [0, 0.1) is 5.92 Å². The third-order valence-corrected chi connectivity index (χ3v) is 4.76. The van der Waals surface area contributed by atoms with E-state index in [1.165, 1.54) is 0 Å². The van der Waals surface area contributed by atoms with Crippen LogP contribution in [0.2, 0.25) is 0 Å². The zero-order valence-corrected chi connectivity index (χ0v) is 20.7. The number of hydrogen-bond donors (Lipinski definition) is 2. The molecule has 0 radical (unpaired) electrons. The zero-order valence-electron chi connectivity index (χ0n) is 18.4. The third kappa shape index (κ3) is 8.55. The topological polar surface area (TPSA) is 67.4 Å². The predicted molar refractivity (Wildman–Crippen MR) is 130 cm³/mol. The van der Waals surface area contributed by atoms with E-state index in [1.54, 1.807) is 14.2 Å². The summed E-state index contributed by atoms with van der Waals surface area (Å²) < 4.78 is 16.5. The molecular formula is C21H37IN4O3. The molecule has 2 N–H and O–H groups in total. The number of halogens is 1. The molecule has 0 bridgehead atoms. The molecule has 1 unspecified atom stereocenters. The molecule has 1 aliphatic heterocycles. The first-order chi connectivity index (χ1) is 13.6. The van der Waals surface area contributed by atoms with Gasteiger partial charge < -0.3 is 24.8 Å². The largest absolute Gasteiger partial charge is 0.493 e. The second-order valence-electron chi connectivity index (χ2n) is 7.31. The number of guanidine groups is 1.